The van der Waals surface area contributed by atoms with E-state index in [2.05, 4.69) is 4.90 Å². The number of hydrogen-bond donors (Lipinski definition) is 1. The molecule has 1 saturated carbocycles. The number of nitrogens with two attached hydrogens (primary N) is 1. The summed E-state index contributed by atoms with van der Waals surface area (Å²) in [6.07, 6.45) is 11.1. The fraction of sp³-hybridized carbons (Fsp3) is 1.00. The minimum absolute atomic E-state index is 0.496. The van der Waals surface area contributed by atoms with Crippen molar-refractivity contribution >= 4 is 0 Å². The van der Waals surface area contributed by atoms with Crippen LogP contribution in [0.2, 0.25) is 0 Å². The Labute approximate surface area is 94.2 Å². The van der Waals surface area contributed by atoms with E-state index in [1.54, 1.807) is 0 Å². The zero-order valence-corrected chi connectivity index (χ0v) is 9.96. The molecule has 2 rings (SSSR count). The Bertz CT molecular complexity index is 173. The summed E-state index contributed by atoms with van der Waals surface area (Å²) >= 11 is 0. The molecule has 2 nitrogen and oxygen atoms in total. The largest absolute Gasteiger partial charge is 0.327 e. The van der Waals surface area contributed by atoms with E-state index in [1.165, 1.54) is 71.0 Å². The summed E-state index contributed by atoms with van der Waals surface area (Å²) < 4.78 is 0. The molecule has 0 bridgehead atoms. The summed E-state index contributed by atoms with van der Waals surface area (Å²) in [4.78, 5) is 2.68. The van der Waals surface area contributed by atoms with E-state index >= 15 is 0 Å². The van der Waals surface area contributed by atoms with Gasteiger partial charge in [0.05, 0.1) is 0 Å². The summed E-state index contributed by atoms with van der Waals surface area (Å²) in [6, 6.07) is 0.496. The summed E-state index contributed by atoms with van der Waals surface area (Å²) in [5.41, 5.74) is 6.14. The van der Waals surface area contributed by atoms with Gasteiger partial charge in [-0.2, -0.15) is 0 Å². The van der Waals surface area contributed by atoms with Crippen LogP contribution in [-0.2, 0) is 0 Å². The van der Waals surface area contributed by atoms with Crippen molar-refractivity contribution in [3.8, 4) is 0 Å². The van der Waals surface area contributed by atoms with Crippen molar-refractivity contribution in [1.29, 1.82) is 0 Å². The molecule has 1 aliphatic heterocycles. The van der Waals surface area contributed by atoms with E-state index < -0.39 is 0 Å². The number of likely N-dealkylation sites (tertiary alicyclic amines) is 1. The van der Waals surface area contributed by atoms with E-state index in [-0.39, 0.29) is 0 Å². The molecule has 1 saturated heterocycles. The van der Waals surface area contributed by atoms with Crippen molar-refractivity contribution in [3.05, 3.63) is 0 Å². The second-order valence-electron chi connectivity index (χ2n) is 5.42. The van der Waals surface area contributed by atoms with Crippen LogP contribution < -0.4 is 5.73 Å². The average molecular weight is 210 g/mol. The van der Waals surface area contributed by atoms with Gasteiger partial charge in [-0.3, -0.25) is 0 Å². The second-order valence-corrected chi connectivity index (χ2v) is 5.42. The van der Waals surface area contributed by atoms with Gasteiger partial charge in [0.2, 0.25) is 0 Å². The Morgan fingerprint density at radius 3 is 2.13 bits per heavy atom. The molecule has 15 heavy (non-hydrogen) atoms. The highest BCUT2D eigenvalue weighted by Crippen LogP contribution is 2.25. The fourth-order valence-electron chi connectivity index (χ4n) is 3.12. The van der Waals surface area contributed by atoms with Gasteiger partial charge in [0.15, 0.2) is 0 Å². The Hall–Kier alpha value is -0.0800. The van der Waals surface area contributed by atoms with Crippen LogP contribution in [0.25, 0.3) is 0 Å². The molecule has 0 aromatic rings. The molecule has 0 radical (unpaired) electrons. The maximum Gasteiger partial charge on any atom is 0.00793 e. The molecule has 0 aromatic heterocycles. The van der Waals surface area contributed by atoms with Crippen molar-refractivity contribution in [1.82, 2.24) is 4.90 Å². The highest BCUT2D eigenvalue weighted by atomic mass is 15.1. The Balaban J connectivity index is 1.75. The minimum atomic E-state index is 0.496. The lowest BCUT2D eigenvalue weighted by atomic mass is 10.0. The SMILES string of the molecule is NC1CCCC1CN1CCCCCCC1. The van der Waals surface area contributed by atoms with Crippen LogP contribution in [0, 0.1) is 5.92 Å². The van der Waals surface area contributed by atoms with Gasteiger partial charge in [0.1, 0.15) is 0 Å². The molecule has 0 amide bonds. The van der Waals surface area contributed by atoms with E-state index in [1.807, 2.05) is 0 Å². The molecule has 0 aromatic carbocycles. The van der Waals surface area contributed by atoms with Gasteiger partial charge in [-0.25, -0.2) is 0 Å². The monoisotopic (exact) mass is 210 g/mol. The summed E-state index contributed by atoms with van der Waals surface area (Å²) in [5, 5.41) is 0. The molecular formula is C13H26N2. The molecule has 0 spiro atoms. The first-order valence-corrected chi connectivity index (χ1v) is 6.84. The van der Waals surface area contributed by atoms with Gasteiger partial charge in [-0.05, 0) is 44.7 Å². The molecule has 2 unspecified atom stereocenters. The van der Waals surface area contributed by atoms with Gasteiger partial charge in [0.25, 0.3) is 0 Å². The lowest BCUT2D eigenvalue weighted by Gasteiger charge is -2.28. The highest BCUT2D eigenvalue weighted by molar-refractivity contribution is 4.82. The Morgan fingerprint density at radius 2 is 1.53 bits per heavy atom. The van der Waals surface area contributed by atoms with Crippen molar-refractivity contribution in [2.45, 2.75) is 57.4 Å². The van der Waals surface area contributed by atoms with E-state index in [0.717, 1.165) is 5.92 Å². The first-order valence-electron chi connectivity index (χ1n) is 6.84. The highest BCUT2D eigenvalue weighted by Gasteiger charge is 2.25. The predicted molar refractivity (Wildman–Crippen MR) is 64.8 cm³/mol. The van der Waals surface area contributed by atoms with Crippen LogP contribution in [0.1, 0.15) is 51.4 Å². The van der Waals surface area contributed by atoms with Crippen LogP contribution in [0.15, 0.2) is 0 Å². The van der Waals surface area contributed by atoms with Crippen molar-refractivity contribution in [3.63, 3.8) is 0 Å². The maximum absolute atomic E-state index is 6.14. The number of rotatable bonds is 2. The predicted octanol–water partition coefficient (Wildman–Crippen LogP) is 2.38. The zero-order chi connectivity index (χ0) is 10.5. The first-order chi connectivity index (χ1) is 7.36. The molecule has 2 N–H and O–H groups in total. The van der Waals surface area contributed by atoms with Gasteiger partial charge in [-0.15, -0.1) is 0 Å². The fourth-order valence-corrected chi connectivity index (χ4v) is 3.12. The van der Waals surface area contributed by atoms with Crippen LogP contribution in [0.5, 0.6) is 0 Å². The molecule has 2 fully saturated rings. The maximum atomic E-state index is 6.14. The summed E-state index contributed by atoms with van der Waals surface area (Å²) in [7, 11) is 0. The van der Waals surface area contributed by atoms with Crippen LogP contribution in [-0.4, -0.2) is 30.6 Å². The normalized spacial score (nSPS) is 35.0. The molecule has 1 heterocycles. The quantitative estimate of drug-likeness (QED) is 0.758. The second kappa shape index (κ2) is 5.86. The smallest absolute Gasteiger partial charge is 0.00793 e. The number of nitrogens with zero attached hydrogens (tertiary/aromatic N) is 1. The van der Waals surface area contributed by atoms with Gasteiger partial charge >= 0.3 is 0 Å². The Kier molecular flexibility index (Phi) is 4.45. The van der Waals surface area contributed by atoms with Gasteiger partial charge in [0, 0.05) is 12.6 Å². The van der Waals surface area contributed by atoms with E-state index in [9.17, 15) is 0 Å². The number of hydrogen-bond acceptors (Lipinski definition) is 2. The molecule has 2 aliphatic rings. The molecule has 1 aliphatic carbocycles. The van der Waals surface area contributed by atoms with Crippen molar-refractivity contribution in [2.75, 3.05) is 19.6 Å². The van der Waals surface area contributed by atoms with Gasteiger partial charge < -0.3 is 10.6 Å². The van der Waals surface area contributed by atoms with E-state index in [0.29, 0.717) is 6.04 Å². The minimum Gasteiger partial charge on any atom is -0.327 e. The summed E-state index contributed by atoms with van der Waals surface area (Å²) in [5.74, 6) is 0.796. The summed E-state index contributed by atoms with van der Waals surface area (Å²) in [6.45, 7) is 3.92. The third-order valence-corrected chi connectivity index (χ3v) is 4.16. The lowest BCUT2D eigenvalue weighted by molar-refractivity contribution is 0.205. The molecule has 88 valence electrons. The molecular weight excluding hydrogens is 184 g/mol. The first kappa shape index (κ1) is 11.4. The van der Waals surface area contributed by atoms with Crippen molar-refractivity contribution < 1.29 is 0 Å². The molecule has 2 atom stereocenters. The molecule has 2 heteroatoms. The van der Waals surface area contributed by atoms with Crippen LogP contribution in [0.3, 0.4) is 0 Å². The Morgan fingerprint density at radius 1 is 0.867 bits per heavy atom. The average Bonchev–Trinajstić information content (AvgIpc) is 2.56. The third-order valence-electron chi connectivity index (χ3n) is 4.16. The standard InChI is InChI=1S/C13H26N2/c14-13-8-6-7-12(13)11-15-9-4-2-1-3-5-10-15/h12-13H,1-11,14H2. The van der Waals surface area contributed by atoms with Gasteiger partial charge in [-0.1, -0.05) is 25.7 Å². The topological polar surface area (TPSA) is 29.3 Å². The van der Waals surface area contributed by atoms with Crippen LogP contribution in [0.4, 0.5) is 0 Å². The van der Waals surface area contributed by atoms with Crippen molar-refractivity contribution in [2.24, 2.45) is 11.7 Å². The van der Waals surface area contributed by atoms with Crippen LogP contribution >= 0.6 is 0 Å². The third kappa shape index (κ3) is 3.46. The van der Waals surface area contributed by atoms with E-state index in [4.69, 9.17) is 5.73 Å². The lowest BCUT2D eigenvalue weighted by Crippen LogP contribution is -2.37. The zero-order valence-electron chi connectivity index (χ0n) is 9.96.